The van der Waals surface area contributed by atoms with Gasteiger partial charge in [-0.2, -0.15) is 0 Å². The van der Waals surface area contributed by atoms with E-state index in [2.05, 4.69) is 35.7 Å². The summed E-state index contributed by atoms with van der Waals surface area (Å²) in [6.07, 6.45) is 3.58. The molecule has 0 saturated heterocycles. The van der Waals surface area contributed by atoms with Gasteiger partial charge in [0.1, 0.15) is 0 Å². The Morgan fingerprint density at radius 2 is 2.14 bits per heavy atom. The Hall–Kier alpha value is -1.65. The second kappa shape index (κ2) is 2.67. The highest BCUT2D eigenvalue weighted by molar-refractivity contribution is 5.66. The molecule has 0 radical (unpaired) electrons. The highest BCUT2D eigenvalue weighted by Crippen LogP contribution is 2.10. The monoisotopic (exact) mass is 192 g/mol. The predicted octanol–water partition coefficient (Wildman–Crippen LogP) is 0.583. The minimum Gasteiger partial charge on any atom is -0.354 e. The summed E-state index contributed by atoms with van der Waals surface area (Å²) in [5.74, 6) is 0.301. The minimum atomic E-state index is -0.0148. The fourth-order valence-corrected chi connectivity index (χ4v) is 1.38. The largest absolute Gasteiger partial charge is 0.354 e. The normalized spacial score (nSPS) is 12.2. The first kappa shape index (κ1) is 8.93. The third kappa shape index (κ3) is 1.30. The Kier molecular flexibility index (Phi) is 1.70. The van der Waals surface area contributed by atoms with Gasteiger partial charge in [-0.25, -0.2) is 9.55 Å². The van der Waals surface area contributed by atoms with Crippen molar-refractivity contribution in [3.63, 3.8) is 0 Å². The number of aromatic amines is 1. The van der Waals surface area contributed by atoms with E-state index in [4.69, 9.17) is 5.73 Å². The number of hydrogen-bond donors (Lipinski definition) is 2. The van der Waals surface area contributed by atoms with Crippen molar-refractivity contribution in [3.8, 4) is 0 Å². The van der Waals surface area contributed by atoms with Crippen molar-refractivity contribution in [3.05, 3.63) is 12.5 Å². The molecular weight excluding hydrogens is 178 g/mol. The Morgan fingerprint density at radius 1 is 1.43 bits per heavy atom. The smallest absolute Gasteiger partial charge is 0.307 e. The summed E-state index contributed by atoms with van der Waals surface area (Å²) in [4.78, 5) is 11.2. The van der Waals surface area contributed by atoms with Gasteiger partial charge < -0.3 is 5.73 Å². The van der Waals surface area contributed by atoms with Crippen LogP contribution in [0.3, 0.4) is 0 Å². The summed E-state index contributed by atoms with van der Waals surface area (Å²) in [5, 5.41) is 0. The molecule has 3 N–H and O–H groups in total. The summed E-state index contributed by atoms with van der Waals surface area (Å²) in [7, 11) is 0. The summed E-state index contributed by atoms with van der Waals surface area (Å²) < 4.78 is 2.04. The van der Waals surface area contributed by atoms with E-state index in [1.165, 1.54) is 0 Å². The van der Waals surface area contributed by atoms with Crippen molar-refractivity contribution < 1.29 is 4.57 Å². The molecule has 0 fully saturated rings. The van der Waals surface area contributed by atoms with E-state index in [1.807, 2.05) is 10.9 Å². The van der Waals surface area contributed by atoms with Gasteiger partial charge in [0.25, 0.3) is 5.95 Å². The van der Waals surface area contributed by atoms with Crippen LogP contribution in [0.25, 0.3) is 11.2 Å². The maximum Gasteiger partial charge on any atom is 0.307 e. The maximum atomic E-state index is 5.55. The number of H-pyrrole nitrogens is 1. The molecule has 2 aromatic rings. The first-order chi connectivity index (χ1) is 6.48. The quantitative estimate of drug-likeness (QED) is 0.600. The Labute approximate surface area is 82.0 Å². The van der Waals surface area contributed by atoms with Gasteiger partial charge in [0.05, 0.1) is 11.7 Å². The maximum absolute atomic E-state index is 5.55. The van der Waals surface area contributed by atoms with Crippen molar-refractivity contribution in [1.82, 2.24) is 15.0 Å². The Morgan fingerprint density at radius 3 is 2.79 bits per heavy atom. The van der Waals surface area contributed by atoms with Crippen LogP contribution in [0.5, 0.6) is 0 Å². The number of imidazole rings is 1. The van der Waals surface area contributed by atoms with Crippen molar-refractivity contribution in [2.45, 2.75) is 26.3 Å². The minimum absolute atomic E-state index is 0.0148. The van der Waals surface area contributed by atoms with E-state index in [0.29, 0.717) is 5.95 Å². The molecule has 74 valence electrons. The topological polar surface area (TPSA) is 71.5 Å². The molecule has 0 spiro atoms. The fourth-order valence-electron chi connectivity index (χ4n) is 1.38. The molecule has 2 aromatic heterocycles. The van der Waals surface area contributed by atoms with Gasteiger partial charge in [-0.05, 0) is 20.8 Å². The van der Waals surface area contributed by atoms with E-state index in [0.717, 1.165) is 11.2 Å². The molecule has 0 amide bonds. The second-order valence-corrected chi connectivity index (χ2v) is 4.28. The lowest BCUT2D eigenvalue weighted by atomic mass is 10.1. The van der Waals surface area contributed by atoms with Crippen LogP contribution in [-0.4, -0.2) is 15.0 Å². The standard InChI is InChI=1S/C9H13N5/c1-9(2,3)14-5-12-6-4-11-8(10)13-7(6)14/h4-5H,1-3H3,(H2,10,11,13)/p+1. The Bertz CT molecular complexity index is 465. The highest BCUT2D eigenvalue weighted by Gasteiger charge is 2.23. The van der Waals surface area contributed by atoms with E-state index in [-0.39, 0.29) is 5.54 Å². The van der Waals surface area contributed by atoms with Gasteiger partial charge in [0, 0.05) is 0 Å². The summed E-state index contributed by atoms with van der Waals surface area (Å²) in [6, 6.07) is 0. The molecule has 2 heterocycles. The molecule has 0 aliphatic rings. The molecule has 5 nitrogen and oxygen atoms in total. The van der Waals surface area contributed by atoms with Crippen LogP contribution in [0.15, 0.2) is 12.5 Å². The van der Waals surface area contributed by atoms with E-state index >= 15 is 0 Å². The number of nitrogens with one attached hydrogen (secondary N) is 1. The van der Waals surface area contributed by atoms with Crippen LogP contribution in [0.1, 0.15) is 20.8 Å². The SMILES string of the molecule is CC(C)(C)[n+]1c[nH]c2cnc(N)nc21. The molecule has 14 heavy (non-hydrogen) atoms. The van der Waals surface area contributed by atoms with Crippen molar-refractivity contribution in [2.75, 3.05) is 5.73 Å². The van der Waals surface area contributed by atoms with Crippen molar-refractivity contribution in [2.24, 2.45) is 0 Å². The van der Waals surface area contributed by atoms with Crippen LogP contribution in [0.4, 0.5) is 5.95 Å². The summed E-state index contributed by atoms with van der Waals surface area (Å²) >= 11 is 0. The van der Waals surface area contributed by atoms with Crippen LogP contribution < -0.4 is 10.3 Å². The number of fused-ring (bicyclic) bond motifs is 1. The van der Waals surface area contributed by atoms with Gasteiger partial charge in [-0.3, -0.25) is 4.98 Å². The number of nitrogen functional groups attached to an aromatic ring is 1. The van der Waals surface area contributed by atoms with Crippen LogP contribution in [0, 0.1) is 0 Å². The summed E-state index contributed by atoms with van der Waals surface area (Å²) in [5.41, 5.74) is 7.27. The predicted molar refractivity (Wildman–Crippen MR) is 53.5 cm³/mol. The zero-order chi connectivity index (χ0) is 10.3. The number of anilines is 1. The van der Waals surface area contributed by atoms with Crippen molar-refractivity contribution in [1.29, 1.82) is 0 Å². The number of rotatable bonds is 0. The second-order valence-electron chi connectivity index (χ2n) is 4.28. The van der Waals surface area contributed by atoms with E-state index in [1.54, 1.807) is 6.20 Å². The van der Waals surface area contributed by atoms with Gasteiger partial charge in [0.15, 0.2) is 11.8 Å². The molecule has 0 aromatic carbocycles. The fraction of sp³-hybridized carbons (Fsp3) is 0.444. The molecule has 0 unspecified atom stereocenters. The molecule has 0 atom stereocenters. The third-order valence-electron chi connectivity index (χ3n) is 2.09. The van der Waals surface area contributed by atoms with Gasteiger partial charge in [0.2, 0.25) is 0 Å². The van der Waals surface area contributed by atoms with E-state index in [9.17, 15) is 0 Å². The lowest BCUT2D eigenvalue weighted by molar-refractivity contribution is -0.732. The van der Waals surface area contributed by atoms with Crippen LogP contribution in [-0.2, 0) is 5.54 Å². The number of nitrogens with two attached hydrogens (primary N) is 1. The third-order valence-corrected chi connectivity index (χ3v) is 2.09. The first-order valence-electron chi connectivity index (χ1n) is 4.50. The zero-order valence-electron chi connectivity index (χ0n) is 8.57. The van der Waals surface area contributed by atoms with Crippen molar-refractivity contribution >= 4 is 17.1 Å². The van der Waals surface area contributed by atoms with Crippen LogP contribution in [0.2, 0.25) is 0 Å². The molecule has 2 rings (SSSR count). The average Bonchev–Trinajstić information content (AvgIpc) is 2.45. The number of nitrogens with zero attached hydrogens (tertiary/aromatic N) is 3. The molecule has 0 aliphatic heterocycles. The average molecular weight is 192 g/mol. The molecule has 0 saturated carbocycles. The molecule has 0 aliphatic carbocycles. The number of aromatic nitrogens is 4. The van der Waals surface area contributed by atoms with E-state index < -0.39 is 0 Å². The number of hydrogen-bond acceptors (Lipinski definition) is 3. The van der Waals surface area contributed by atoms with Gasteiger partial charge >= 0.3 is 5.65 Å². The molecule has 5 heteroatoms. The lowest BCUT2D eigenvalue weighted by Gasteiger charge is -2.15. The highest BCUT2D eigenvalue weighted by atomic mass is 15.2. The van der Waals surface area contributed by atoms with Gasteiger partial charge in [-0.15, -0.1) is 0 Å². The summed E-state index contributed by atoms with van der Waals surface area (Å²) in [6.45, 7) is 6.33. The first-order valence-corrected chi connectivity index (χ1v) is 4.50. The Balaban J connectivity index is 2.73. The van der Waals surface area contributed by atoms with Gasteiger partial charge in [-0.1, -0.05) is 4.98 Å². The molecular formula is C9H14N5+. The molecule has 0 bridgehead atoms. The van der Waals surface area contributed by atoms with Crippen LogP contribution >= 0.6 is 0 Å². The zero-order valence-corrected chi connectivity index (χ0v) is 8.57. The lowest BCUT2D eigenvalue weighted by Crippen LogP contribution is -2.49.